The highest BCUT2D eigenvalue weighted by Gasteiger charge is 2.34. The van der Waals surface area contributed by atoms with Crippen molar-refractivity contribution in [2.45, 2.75) is 26.1 Å². The van der Waals surface area contributed by atoms with Crippen LogP contribution in [0.5, 0.6) is 5.75 Å². The zero-order chi connectivity index (χ0) is 29.2. The average Bonchev–Trinajstić information content (AvgIpc) is 2.88. The van der Waals surface area contributed by atoms with Crippen molar-refractivity contribution in [1.29, 1.82) is 0 Å². The third-order valence-electron chi connectivity index (χ3n) is 6.36. The van der Waals surface area contributed by atoms with Crippen molar-refractivity contribution in [3.05, 3.63) is 93.5 Å². The molecule has 0 saturated heterocycles. The number of hydrogen-bond acceptors (Lipinski definition) is 5. The van der Waals surface area contributed by atoms with E-state index >= 15 is 0 Å². The fraction of sp³-hybridized carbons (Fsp3) is 0.231. The van der Waals surface area contributed by atoms with E-state index in [0.29, 0.717) is 11.3 Å². The number of benzene rings is 3. The van der Waals surface area contributed by atoms with Gasteiger partial charge in [-0.1, -0.05) is 23.7 Å². The average molecular weight is 596 g/mol. The van der Waals surface area contributed by atoms with E-state index in [4.69, 9.17) is 26.1 Å². The van der Waals surface area contributed by atoms with Crippen LogP contribution >= 0.6 is 19.4 Å². The third kappa shape index (κ3) is 6.78. The molecule has 212 valence electrons. The van der Waals surface area contributed by atoms with Crippen LogP contribution in [0.25, 0.3) is 0 Å². The van der Waals surface area contributed by atoms with Gasteiger partial charge in [0.25, 0.3) is 5.91 Å². The van der Waals surface area contributed by atoms with Crippen LogP contribution in [0.4, 0.5) is 19.3 Å². The highest BCUT2D eigenvalue weighted by Crippen LogP contribution is 2.38. The fourth-order valence-corrected chi connectivity index (χ4v) is 4.60. The molecule has 1 aliphatic heterocycles. The standard InChI is InChI=1S/C26H25ClF2N3O7P/c1-15-20-7-6-17(10-24(20)32(26(34)31(15)2)13-21-22(27)4-3-5-23(21)29)25(33)30-12-16-8-18(28)11-19(9-16)38-14-39-40(35,36)37/h3-11,15H,12-14H2,1-2H3,(H,30,33)(H2,35,36,37)/t15-/m0/s1. The highest BCUT2D eigenvalue weighted by atomic mass is 35.5. The Kier molecular flexibility index (Phi) is 8.77. The first-order valence-electron chi connectivity index (χ1n) is 11.9. The second kappa shape index (κ2) is 11.9. The van der Waals surface area contributed by atoms with Gasteiger partial charge in [-0.15, -0.1) is 0 Å². The number of carbonyl (C=O) groups excluding carboxylic acids is 2. The zero-order valence-corrected chi connectivity index (χ0v) is 23.0. The Balaban J connectivity index is 1.54. The first kappa shape index (κ1) is 29.4. The minimum atomic E-state index is -4.76. The minimum absolute atomic E-state index is 0.0643. The topological polar surface area (TPSA) is 129 Å². The third-order valence-corrected chi connectivity index (χ3v) is 7.15. The Bertz CT molecular complexity index is 1480. The van der Waals surface area contributed by atoms with E-state index < -0.39 is 38.2 Å². The molecule has 1 aliphatic rings. The van der Waals surface area contributed by atoms with Crippen LogP contribution in [0.2, 0.25) is 5.02 Å². The van der Waals surface area contributed by atoms with Gasteiger partial charge in [-0.25, -0.2) is 22.7 Å². The molecule has 4 rings (SSSR count). The summed E-state index contributed by atoms with van der Waals surface area (Å²) >= 11 is 6.21. The quantitative estimate of drug-likeness (QED) is 0.231. The number of anilines is 1. The van der Waals surface area contributed by atoms with Gasteiger partial charge in [0.05, 0.1) is 18.3 Å². The van der Waals surface area contributed by atoms with Crippen molar-refractivity contribution in [1.82, 2.24) is 10.2 Å². The smallest absolute Gasteiger partial charge is 0.467 e. The number of urea groups is 1. The molecular formula is C26H25ClF2N3O7P. The summed E-state index contributed by atoms with van der Waals surface area (Å²) < 4.78 is 48.6. The van der Waals surface area contributed by atoms with E-state index in [0.717, 1.165) is 17.7 Å². The van der Waals surface area contributed by atoms with Crippen molar-refractivity contribution < 1.29 is 42.0 Å². The Labute approximate surface area is 233 Å². The molecule has 3 aromatic carbocycles. The lowest BCUT2D eigenvalue weighted by atomic mass is 9.98. The molecule has 40 heavy (non-hydrogen) atoms. The first-order valence-corrected chi connectivity index (χ1v) is 13.8. The normalized spacial score (nSPS) is 15.2. The van der Waals surface area contributed by atoms with Crippen LogP contribution in [-0.4, -0.2) is 40.5 Å². The number of phosphoric ester groups is 1. The molecule has 0 radical (unpaired) electrons. The summed E-state index contributed by atoms with van der Waals surface area (Å²) in [6, 6.07) is 11.9. The van der Waals surface area contributed by atoms with Crippen molar-refractivity contribution in [2.75, 3.05) is 18.7 Å². The van der Waals surface area contributed by atoms with Crippen LogP contribution in [-0.2, 0) is 22.2 Å². The zero-order valence-electron chi connectivity index (χ0n) is 21.3. The number of ether oxygens (including phenoxy) is 1. The number of nitrogens with zero attached hydrogens (tertiary/aromatic N) is 2. The van der Waals surface area contributed by atoms with Gasteiger partial charge >= 0.3 is 13.9 Å². The van der Waals surface area contributed by atoms with E-state index in [1.54, 1.807) is 19.2 Å². The van der Waals surface area contributed by atoms with Gasteiger partial charge in [0.1, 0.15) is 17.4 Å². The van der Waals surface area contributed by atoms with E-state index in [1.165, 1.54) is 40.1 Å². The molecular weight excluding hydrogens is 571 g/mol. The van der Waals surface area contributed by atoms with Crippen LogP contribution in [0.15, 0.2) is 54.6 Å². The molecule has 10 nitrogen and oxygen atoms in total. The van der Waals surface area contributed by atoms with Crippen molar-refractivity contribution in [3.8, 4) is 5.75 Å². The SMILES string of the molecule is C[C@H]1c2ccc(C(=O)NCc3cc(F)cc(OCOP(=O)(O)O)c3)cc2N(Cc2c(F)cccc2Cl)C(=O)N1C. The lowest BCUT2D eigenvalue weighted by molar-refractivity contribution is 0.0824. The molecule has 3 N–H and O–H groups in total. The van der Waals surface area contributed by atoms with Gasteiger partial charge in [-0.05, 0) is 54.4 Å². The Hall–Kier alpha value is -3.54. The van der Waals surface area contributed by atoms with Crippen LogP contribution in [0, 0.1) is 11.6 Å². The fourth-order valence-electron chi connectivity index (χ4n) is 4.19. The summed E-state index contributed by atoms with van der Waals surface area (Å²) in [5, 5.41) is 2.82. The molecule has 0 unspecified atom stereocenters. The van der Waals surface area contributed by atoms with Crippen molar-refractivity contribution >= 4 is 37.0 Å². The minimum Gasteiger partial charge on any atom is -0.467 e. The Morgan fingerprint density at radius 2 is 1.90 bits per heavy atom. The molecule has 3 aromatic rings. The van der Waals surface area contributed by atoms with Crippen LogP contribution in [0.1, 0.15) is 40.0 Å². The summed E-state index contributed by atoms with van der Waals surface area (Å²) in [5.41, 5.74) is 1.82. The van der Waals surface area contributed by atoms with E-state index in [2.05, 4.69) is 9.84 Å². The van der Waals surface area contributed by atoms with Gasteiger partial charge in [0.2, 0.25) is 0 Å². The van der Waals surface area contributed by atoms with Gasteiger partial charge < -0.3 is 24.7 Å². The summed E-state index contributed by atoms with van der Waals surface area (Å²) in [5.74, 6) is -1.86. The number of nitrogens with one attached hydrogen (secondary N) is 1. The summed E-state index contributed by atoms with van der Waals surface area (Å²) in [7, 11) is -3.14. The van der Waals surface area contributed by atoms with Crippen molar-refractivity contribution in [3.63, 3.8) is 0 Å². The number of carbonyl (C=O) groups is 2. The number of hydrogen-bond donors (Lipinski definition) is 3. The second-order valence-electron chi connectivity index (χ2n) is 8.99. The number of fused-ring (bicyclic) bond motifs is 1. The summed E-state index contributed by atoms with van der Waals surface area (Å²) in [4.78, 5) is 46.5. The van der Waals surface area contributed by atoms with Gasteiger partial charge in [0.15, 0.2) is 6.79 Å². The predicted octanol–water partition coefficient (Wildman–Crippen LogP) is 5.13. The van der Waals surface area contributed by atoms with Crippen LogP contribution in [0.3, 0.4) is 0 Å². The Morgan fingerprint density at radius 3 is 2.60 bits per heavy atom. The number of halogens is 3. The number of amides is 3. The van der Waals surface area contributed by atoms with Crippen LogP contribution < -0.4 is 15.0 Å². The second-order valence-corrected chi connectivity index (χ2v) is 10.6. The molecule has 0 fully saturated rings. The molecule has 0 bridgehead atoms. The number of phosphoric acid groups is 1. The largest absolute Gasteiger partial charge is 0.472 e. The molecule has 0 aromatic heterocycles. The van der Waals surface area contributed by atoms with E-state index in [9.17, 15) is 22.9 Å². The maximum atomic E-state index is 14.6. The van der Waals surface area contributed by atoms with E-state index in [-0.39, 0.29) is 41.0 Å². The number of rotatable bonds is 9. The monoisotopic (exact) mass is 595 g/mol. The van der Waals surface area contributed by atoms with Gasteiger partial charge in [0, 0.05) is 35.8 Å². The summed E-state index contributed by atoms with van der Waals surface area (Å²) in [6.45, 7) is 0.751. The highest BCUT2D eigenvalue weighted by molar-refractivity contribution is 7.46. The van der Waals surface area contributed by atoms with E-state index in [1.807, 2.05) is 6.92 Å². The molecule has 0 saturated carbocycles. The van der Waals surface area contributed by atoms with Crippen molar-refractivity contribution in [2.24, 2.45) is 0 Å². The lowest BCUT2D eigenvalue weighted by Crippen LogP contribution is -2.46. The molecule has 14 heteroatoms. The Morgan fingerprint density at radius 1 is 1.15 bits per heavy atom. The first-order chi connectivity index (χ1) is 18.8. The molecule has 1 heterocycles. The summed E-state index contributed by atoms with van der Waals surface area (Å²) in [6.07, 6.45) is 0. The van der Waals surface area contributed by atoms with Gasteiger partial charge in [-0.3, -0.25) is 9.69 Å². The molecule has 0 spiro atoms. The van der Waals surface area contributed by atoms with Gasteiger partial charge in [-0.2, -0.15) is 0 Å². The molecule has 0 aliphatic carbocycles. The molecule has 1 atom stereocenters. The molecule has 3 amide bonds. The maximum absolute atomic E-state index is 14.6. The maximum Gasteiger partial charge on any atom is 0.472 e. The lowest BCUT2D eigenvalue weighted by Gasteiger charge is -2.39. The predicted molar refractivity (Wildman–Crippen MR) is 142 cm³/mol.